The Labute approximate surface area is 215 Å². The Morgan fingerprint density at radius 1 is 0.974 bits per heavy atom. The largest absolute Gasteiger partial charge is 0.485 e. The molecule has 0 atom stereocenters. The van der Waals surface area contributed by atoms with Crippen molar-refractivity contribution in [1.29, 1.82) is 5.26 Å². The lowest BCUT2D eigenvalue weighted by Crippen LogP contribution is -2.54. The fourth-order valence-electron chi connectivity index (χ4n) is 4.34. The Hall–Kier alpha value is -5.29. The first-order valence-electron chi connectivity index (χ1n) is 11.6. The topological polar surface area (TPSA) is 97.2 Å². The highest BCUT2D eigenvalue weighted by Crippen LogP contribution is 2.33. The average molecular weight is 508 g/mol. The summed E-state index contributed by atoms with van der Waals surface area (Å²) in [4.78, 5) is 10.8. The van der Waals surface area contributed by atoms with Crippen LogP contribution < -0.4 is 9.64 Å². The third kappa shape index (κ3) is 4.16. The number of nitrogens with zero attached hydrogens (tertiary/aromatic N) is 8. The number of nitriles is 1. The fourth-order valence-corrected chi connectivity index (χ4v) is 4.34. The minimum Gasteiger partial charge on any atom is -0.485 e. The van der Waals surface area contributed by atoms with Crippen LogP contribution >= 0.6 is 0 Å². The first kappa shape index (κ1) is 23.1. The second-order valence-electron chi connectivity index (χ2n) is 8.67. The minimum atomic E-state index is -2.74. The summed E-state index contributed by atoms with van der Waals surface area (Å²) in [7, 11) is 0. The van der Waals surface area contributed by atoms with E-state index in [1.807, 2.05) is 18.2 Å². The Morgan fingerprint density at radius 3 is 2.50 bits per heavy atom. The quantitative estimate of drug-likeness (QED) is 0.318. The van der Waals surface area contributed by atoms with E-state index in [0.29, 0.717) is 57.0 Å². The molecule has 1 saturated heterocycles. The number of rotatable bonds is 6. The maximum Gasteiger partial charge on any atom is 0.333 e. The van der Waals surface area contributed by atoms with Gasteiger partial charge in [-0.1, -0.05) is 5.92 Å². The van der Waals surface area contributed by atoms with Gasteiger partial charge in [-0.2, -0.15) is 24.2 Å². The van der Waals surface area contributed by atoms with Crippen LogP contribution in [0.5, 0.6) is 5.75 Å². The number of terminal acetylenes is 1. The second-order valence-corrected chi connectivity index (χ2v) is 8.67. The van der Waals surface area contributed by atoms with E-state index in [4.69, 9.17) is 11.2 Å². The Kier molecular flexibility index (Phi) is 5.66. The zero-order chi connectivity index (χ0) is 26.2. The minimum absolute atomic E-state index is 0.00500. The van der Waals surface area contributed by atoms with Gasteiger partial charge in [0.1, 0.15) is 29.4 Å². The van der Waals surface area contributed by atoms with Crippen molar-refractivity contribution >= 4 is 11.3 Å². The average Bonchev–Trinajstić information content (AvgIpc) is 3.58. The molecule has 9 nitrogen and oxygen atoms in total. The van der Waals surface area contributed by atoms with E-state index in [0.717, 1.165) is 11.4 Å². The van der Waals surface area contributed by atoms with E-state index in [1.54, 1.807) is 35.2 Å². The van der Waals surface area contributed by atoms with Gasteiger partial charge in [-0.25, -0.2) is 19.2 Å². The van der Waals surface area contributed by atoms with Crippen LogP contribution in [0.1, 0.15) is 17.8 Å². The molecule has 0 saturated carbocycles. The van der Waals surface area contributed by atoms with Crippen molar-refractivity contribution in [2.45, 2.75) is 12.7 Å². The number of anilines is 1. The number of pyridine rings is 3. The summed E-state index contributed by atoms with van der Waals surface area (Å²) in [5.41, 5.74) is 4.15. The molecule has 0 bridgehead atoms. The van der Waals surface area contributed by atoms with Crippen LogP contribution in [0.2, 0.25) is 0 Å². The van der Waals surface area contributed by atoms with Gasteiger partial charge in [0.25, 0.3) is 0 Å². The van der Waals surface area contributed by atoms with E-state index in [9.17, 15) is 14.0 Å². The molecule has 0 aromatic carbocycles. The third-order valence-corrected chi connectivity index (χ3v) is 6.28. The van der Waals surface area contributed by atoms with Crippen molar-refractivity contribution in [3.8, 4) is 46.4 Å². The van der Waals surface area contributed by atoms with E-state index < -0.39 is 6.55 Å². The van der Waals surface area contributed by atoms with Crippen LogP contribution in [0.25, 0.3) is 27.8 Å². The first-order valence-corrected chi connectivity index (χ1v) is 11.6. The smallest absolute Gasteiger partial charge is 0.333 e. The van der Waals surface area contributed by atoms with Gasteiger partial charge in [0, 0.05) is 40.8 Å². The zero-order valence-corrected chi connectivity index (χ0v) is 19.7. The van der Waals surface area contributed by atoms with Gasteiger partial charge in [-0.15, -0.1) is 6.42 Å². The lowest BCUT2D eigenvalue weighted by molar-refractivity contribution is 0.0566. The molecule has 0 spiro atoms. The lowest BCUT2D eigenvalue weighted by atomic mass is 10.0. The number of ether oxygens (including phenoxy) is 1. The first-order chi connectivity index (χ1) is 18.5. The van der Waals surface area contributed by atoms with E-state index in [-0.39, 0.29) is 6.10 Å². The molecule has 6 heterocycles. The summed E-state index contributed by atoms with van der Waals surface area (Å²) < 4.78 is 34.2. The summed E-state index contributed by atoms with van der Waals surface area (Å²) >= 11 is 0. The summed E-state index contributed by atoms with van der Waals surface area (Å²) in [6, 6.07) is 11.3. The van der Waals surface area contributed by atoms with Crippen LogP contribution in [0, 0.1) is 23.7 Å². The van der Waals surface area contributed by atoms with Crippen LogP contribution in [0.15, 0.2) is 67.5 Å². The number of hydrogen-bond donors (Lipinski definition) is 0. The van der Waals surface area contributed by atoms with Gasteiger partial charge in [-0.05, 0) is 30.3 Å². The summed E-state index contributed by atoms with van der Waals surface area (Å²) in [6.07, 6.45) is 14.5. The van der Waals surface area contributed by atoms with Gasteiger partial charge in [-0.3, -0.25) is 0 Å². The Morgan fingerprint density at radius 2 is 1.84 bits per heavy atom. The lowest BCUT2D eigenvalue weighted by Gasteiger charge is -2.39. The molecule has 0 unspecified atom stereocenters. The van der Waals surface area contributed by atoms with E-state index in [2.05, 4.69) is 37.1 Å². The van der Waals surface area contributed by atoms with Gasteiger partial charge < -0.3 is 9.64 Å². The molecule has 11 heteroatoms. The molecule has 0 amide bonds. The normalized spacial score (nSPS) is 13.3. The molecule has 38 heavy (non-hydrogen) atoms. The number of aromatic nitrogens is 6. The van der Waals surface area contributed by atoms with Crippen molar-refractivity contribution in [3.63, 3.8) is 0 Å². The highest BCUT2D eigenvalue weighted by atomic mass is 19.3. The second kappa shape index (κ2) is 9.30. The van der Waals surface area contributed by atoms with Crippen molar-refractivity contribution in [1.82, 2.24) is 29.4 Å². The molecule has 0 radical (unpaired) electrons. The molecular weight excluding hydrogens is 490 g/mol. The fraction of sp³-hybridized carbons (Fsp3) is 0.148. The molecule has 5 aromatic heterocycles. The van der Waals surface area contributed by atoms with E-state index >= 15 is 0 Å². The highest BCUT2D eigenvalue weighted by Gasteiger charge is 2.29. The SMILES string of the molecule is C#Cc1ccc(OC2CN(c3ccc(-c4cc(-c5cnn(C(F)F)c5)cn5ncc(C#N)c45)cn3)C2)cn1. The number of fused-ring (bicyclic) bond motifs is 1. The van der Waals surface area contributed by atoms with Gasteiger partial charge in [0.05, 0.1) is 42.8 Å². The molecule has 1 aliphatic rings. The predicted molar refractivity (Wildman–Crippen MR) is 134 cm³/mol. The van der Waals surface area contributed by atoms with Gasteiger partial charge >= 0.3 is 6.55 Å². The van der Waals surface area contributed by atoms with Crippen molar-refractivity contribution in [2.75, 3.05) is 18.0 Å². The van der Waals surface area contributed by atoms with Gasteiger partial charge in [0.2, 0.25) is 0 Å². The Balaban J connectivity index is 1.24. The third-order valence-electron chi connectivity index (χ3n) is 6.28. The standard InChI is InChI=1S/C27H18F2N8O/c1-2-21-4-5-22(12-31-21)38-23-15-35(16-23)25-6-3-17(9-32-25)24-7-18(20-11-34-37(14-20)27(28)29)13-36-26(24)19(8-30)10-33-36/h1,3-7,9-14,23,27H,15-16H2. The summed E-state index contributed by atoms with van der Waals surface area (Å²) in [5, 5.41) is 17.6. The van der Waals surface area contributed by atoms with Crippen molar-refractivity contribution in [3.05, 3.63) is 78.8 Å². The van der Waals surface area contributed by atoms with Crippen molar-refractivity contribution < 1.29 is 13.5 Å². The maximum atomic E-state index is 13.1. The molecule has 186 valence electrons. The van der Waals surface area contributed by atoms with Gasteiger partial charge in [0.15, 0.2) is 0 Å². The highest BCUT2D eigenvalue weighted by molar-refractivity contribution is 5.87. The van der Waals surface area contributed by atoms with Crippen LogP contribution in [0.3, 0.4) is 0 Å². The molecular formula is C27H18F2N8O. The monoisotopic (exact) mass is 508 g/mol. The molecule has 0 N–H and O–H groups in total. The molecule has 1 aliphatic heterocycles. The molecule has 6 rings (SSSR count). The van der Waals surface area contributed by atoms with Crippen LogP contribution in [-0.2, 0) is 0 Å². The number of halogens is 2. The zero-order valence-electron chi connectivity index (χ0n) is 19.7. The predicted octanol–water partition coefficient (Wildman–Crippen LogP) is 4.17. The number of alkyl halides is 2. The molecule has 1 fully saturated rings. The number of hydrogen-bond acceptors (Lipinski definition) is 7. The van der Waals surface area contributed by atoms with E-state index in [1.165, 1.54) is 18.6 Å². The Bertz CT molecular complexity index is 1710. The van der Waals surface area contributed by atoms with Crippen LogP contribution in [-0.4, -0.2) is 48.6 Å². The summed E-state index contributed by atoms with van der Waals surface area (Å²) in [6.45, 7) is -1.41. The summed E-state index contributed by atoms with van der Waals surface area (Å²) in [5.74, 6) is 3.92. The van der Waals surface area contributed by atoms with Crippen LogP contribution in [0.4, 0.5) is 14.6 Å². The van der Waals surface area contributed by atoms with Crippen molar-refractivity contribution in [2.24, 2.45) is 0 Å². The molecule has 5 aromatic rings. The molecule has 0 aliphatic carbocycles. The maximum absolute atomic E-state index is 13.1.